The number of nitrogens with two attached hydrogens (primary N) is 1. The van der Waals surface area contributed by atoms with Crippen LogP contribution in [0, 0.1) is 18.8 Å². The van der Waals surface area contributed by atoms with E-state index in [0.29, 0.717) is 5.56 Å². The van der Waals surface area contributed by atoms with Gasteiger partial charge in [0.25, 0.3) is 0 Å². The van der Waals surface area contributed by atoms with Gasteiger partial charge < -0.3 is 16.0 Å². The van der Waals surface area contributed by atoms with E-state index in [-0.39, 0.29) is 5.91 Å². The first kappa shape index (κ1) is 11.5. The van der Waals surface area contributed by atoms with Crippen LogP contribution in [0.1, 0.15) is 15.9 Å². The number of rotatable bonds is 2. The van der Waals surface area contributed by atoms with Gasteiger partial charge in [0.05, 0.1) is 0 Å². The maximum atomic E-state index is 11.2. The van der Waals surface area contributed by atoms with Crippen molar-refractivity contribution in [3.63, 3.8) is 0 Å². The van der Waals surface area contributed by atoms with Gasteiger partial charge in [-0.15, -0.1) is 0 Å². The molecule has 0 aliphatic carbocycles. The van der Waals surface area contributed by atoms with Gasteiger partial charge in [0.15, 0.2) is 0 Å². The fourth-order valence-corrected chi connectivity index (χ4v) is 3.19. The quantitative estimate of drug-likeness (QED) is 0.808. The molecule has 4 heteroatoms. The molecule has 1 aromatic carbocycles. The highest BCUT2D eigenvalue weighted by Gasteiger charge is 2.36. The van der Waals surface area contributed by atoms with Crippen LogP contribution in [0.4, 0.5) is 5.69 Å². The van der Waals surface area contributed by atoms with Crippen LogP contribution in [0.25, 0.3) is 0 Å². The van der Waals surface area contributed by atoms with Crippen LogP contribution < -0.4 is 16.0 Å². The molecular weight excluding hydrogens is 226 g/mol. The van der Waals surface area contributed by atoms with E-state index in [1.807, 2.05) is 19.1 Å². The van der Waals surface area contributed by atoms with Crippen LogP contribution >= 0.6 is 0 Å². The smallest absolute Gasteiger partial charge is 0.248 e. The van der Waals surface area contributed by atoms with E-state index in [1.165, 1.54) is 5.69 Å². The van der Waals surface area contributed by atoms with Crippen LogP contribution in [0.2, 0.25) is 0 Å². The second kappa shape index (κ2) is 4.28. The molecule has 18 heavy (non-hydrogen) atoms. The second-order valence-electron chi connectivity index (χ2n) is 5.45. The van der Waals surface area contributed by atoms with Gasteiger partial charge >= 0.3 is 0 Å². The van der Waals surface area contributed by atoms with E-state index < -0.39 is 0 Å². The number of anilines is 1. The fraction of sp³-hybridized carbons (Fsp3) is 0.500. The van der Waals surface area contributed by atoms with Crippen LogP contribution in [-0.2, 0) is 0 Å². The molecule has 0 saturated carbocycles. The number of fused-ring (bicyclic) bond motifs is 1. The Labute approximate surface area is 107 Å². The Morgan fingerprint density at radius 2 is 2.00 bits per heavy atom. The predicted octanol–water partition coefficient (Wildman–Crippen LogP) is 0.750. The molecule has 2 heterocycles. The molecule has 2 unspecified atom stereocenters. The summed E-state index contributed by atoms with van der Waals surface area (Å²) in [6.45, 7) is 6.46. The number of nitrogens with one attached hydrogen (secondary N) is 1. The molecule has 2 aliphatic heterocycles. The number of nitrogens with zero attached hydrogens (tertiary/aromatic N) is 1. The monoisotopic (exact) mass is 245 g/mol. The number of hydrogen-bond donors (Lipinski definition) is 2. The average Bonchev–Trinajstić information content (AvgIpc) is 2.87. The molecule has 2 fully saturated rings. The van der Waals surface area contributed by atoms with Crippen LogP contribution in [0.5, 0.6) is 0 Å². The first-order valence-electron chi connectivity index (χ1n) is 6.51. The lowest BCUT2D eigenvalue weighted by atomic mass is 10.0. The zero-order valence-corrected chi connectivity index (χ0v) is 10.6. The normalized spacial score (nSPS) is 26.4. The van der Waals surface area contributed by atoms with Crippen molar-refractivity contribution >= 4 is 11.6 Å². The third-order valence-electron chi connectivity index (χ3n) is 4.23. The van der Waals surface area contributed by atoms with Gasteiger partial charge in [0, 0.05) is 37.4 Å². The SMILES string of the molecule is Cc1cc(N2CC3CNCC3C2)ccc1C(N)=O. The average molecular weight is 245 g/mol. The molecule has 0 radical (unpaired) electrons. The van der Waals surface area contributed by atoms with Crippen molar-refractivity contribution < 1.29 is 4.79 Å². The van der Waals surface area contributed by atoms with Crippen molar-refractivity contribution in [2.75, 3.05) is 31.1 Å². The summed E-state index contributed by atoms with van der Waals surface area (Å²) < 4.78 is 0. The fourth-order valence-electron chi connectivity index (χ4n) is 3.19. The zero-order valence-electron chi connectivity index (χ0n) is 10.6. The standard InChI is InChI=1S/C14H19N3O/c1-9-4-12(2-3-13(9)14(15)18)17-7-10-5-16-6-11(10)8-17/h2-4,10-11,16H,5-8H2,1H3,(H2,15,18). The Kier molecular flexibility index (Phi) is 2.74. The van der Waals surface area contributed by atoms with Gasteiger partial charge in [-0.05, 0) is 42.5 Å². The highest BCUT2D eigenvalue weighted by atomic mass is 16.1. The third-order valence-corrected chi connectivity index (χ3v) is 4.23. The van der Waals surface area contributed by atoms with Gasteiger partial charge in [-0.1, -0.05) is 0 Å². The Morgan fingerprint density at radius 1 is 1.33 bits per heavy atom. The molecule has 1 amide bonds. The van der Waals surface area contributed by atoms with Crippen LogP contribution in [-0.4, -0.2) is 32.1 Å². The van der Waals surface area contributed by atoms with Gasteiger partial charge in [-0.25, -0.2) is 0 Å². The lowest BCUT2D eigenvalue weighted by Crippen LogP contribution is -2.25. The summed E-state index contributed by atoms with van der Waals surface area (Å²) in [6, 6.07) is 5.94. The van der Waals surface area contributed by atoms with Gasteiger partial charge in [0.1, 0.15) is 0 Å². The lowest BCUT2D eigenvalue weighted by Gasteiger charge is -2.20. The zero-order chi connectivity index (χ0) is 12.7. The number of amides is 1. The summed E-state index contributed by atoms with van der Waals surface area (Å²) in [5, 5.41) is 3.44. The van der Waals surface area contributed by atoms with E-state index >= 15 is 0 Å². The highest BCUT2D eigenvalue weighted by molar-refractivity contribution is 5.94. The van der Waals surface area contributed by atoms with Crippen LogP contribution in [0.3, 0.4) is 0 Å². The van der Waals surface area contributed by atoms with Crippen molar-refractivity contribution in [3.05, 3.63) is 29.3 Å². The molecule has 3 N–H and O–H groups in total. The van der Waals surface area contributed by atoms with E-state index in [1.54, 1.807) is 0 Å². The number of aryl methyl sites for hydroxylation is 1. The lowest BCUT2D eigenvalue weighted by molar-refractivity contribution is 0.1000. The molecule has 4 nitrogen and oxygen atoms in total. The van der Waals surface area contributed by atoms with Gasteiger partial charge in [0.2, 0.25) is 5.91 Å². The maximum absolute atomic E-state index is 11.2. The minimum Gasteiger partial charge on any atom is -0.371 e. The third kappa shape index (κ3) is 1.86. The van der Waals surface area contributed by atoms with Crippen molar-refractivity contribution in [2.45, 2.75) is 6.92 Å². The Balaban J connectivity index is 1.81. The molecule has 2 saturated heterocycles. The summed E-state index contributed by atoms with van der Waals surface area (Å²) in [6.07, 6.45) is 0. The highest BCUT2D eigenvalue weighted by Crippen LogP contribution is 2.31. The number of benzene rings is 1. The summed E-state index contributed by atoms with van der Waals surface area (Å²) in [4.78, 5) is 13.6. The van der Waals surface area contributed by atoms with Crippen molar-refractivity contribution in [1.29, 1.82) is 0 Å². The predicted molar refractivity (Wildman–Crippen MR) is 71.8 cm³/mol. The molecule has 0 aromatic heterocycles. The largest absolute Gasteiger partial charge is 0.371 e. The Bertz CT molecular complexity index is 474. The van der Waals surface area contributed by atoms with E-state index in [2.05, 4.69) is 16.3 Å². The molecule has 2 aliphatic rings. The van der Waals surface area contributed by atoms with Crippen molar-refractivity contribution in [1.82, 2.24) is 5.32 Å². The van der Waals surface area contributed by atoms with Crippen molar-refractivity contribution in [3.8, 4) is 0 Å². The minimum atomic E-state index is -0.346. The molecule has 0 bridgehead atoms. The van der Waals surface area contributed by atoms with E-state index in [9.17, 15) is 4.79 Å². The Hall–Kier alpha value is -1.55. The van der Waals surface area contributed by atoms with Gasteiger partial charge in [-0.3, -0.25) is 4.79 Å². The summed E-state index contributed by atoms with van der Waals surface area (Å²) in [5.74, 6) is 1.21. The number of carbonyl (C=O) groups excluding carboxylic acids is 1. The van der Waals surface area contributed by atoms with Crippen molar-refractivity contribution in [2.24, 2.45) is 17.6 Å². The first-order valence-corrected chi connectivity index (χ1v) is 6.51. The summed E-state index contributed by atoms with van der Waals surface area (Å²) in [5.41, 5.74) is 8.14. The van der Waals surface area contributed by atoms with Gasteiger partial charge in [-0.2, -0.15) is 0 Å². The number of carbonyl (C=O) groups is 1. The minimum absolute atomic E-state index is 0.346. The van der Waals surface area contributed by atoms with E-state index in [4.69, 9.17) is 5.73 Å². The molecule has 96 valence electrons. The number of hydrogen-bond acceptors (Lipinski definition) is 3. The summed E-state index contributed by atoms with van der Waals surface area (Å²) in [7, 11) is 0. The molecule has 1 aromatic rings. The molecular formula is C14H19N3O. The molecule has 3 rings (SSSR count). The van der Waals surface area contributed by atoms with E-state index in [0.717, 1.165) is 43.6 Å². The second-order valence-corrected chi connectivity index (χ2v) is 5.45. The number of primary amides is 1. The topological polar surface area (TPSA) is 58.4 Å². The summed E-state index contributed by atoms with van der Waals surface area (Å²) >= 11 is 0. The first-order chi connectivity index (χ1) is 8.65. The molecule has 0 spiro atoms. The Morgan fingerprint density at radius 3 is 2.56 bits per heavy atom. The van der Waals surface area contributed by atoms with Crippen LogP contribution in [0.15, 0.2) is 18.2 Å². The molecule has 2 atom stereocenters. The maximum Gasteiger partial charge on any atom is 0.248 e.